The summed E-state index contributed by atoms with van der Waals surface area (Å²) in [6.45, 7) is 0. The lowest BCUT2D eigenvalue weighted by Crippen LogP contribution is -2.27. The Morgan fingerprint density at radius 1 is 1.15 bits per heavy atom. The molecule has 0 aliphatic heterocycles. The second-order valence-corrected chi connectivity index (χ2v) is 5.32. The molecule has 1 aliphatic carbocycles. The fourth-order valence-electron chi connectivity index (χ4n) is 3.00. The van der Waals surface area contributed by atoms with Gasteiger partial charge >= 0.3 is 0 Å². The van der Waals surface area contributed by atoms with Gasteiger partial charge in [0.2, 0.25) is 0 Å². The van der Waals surface area contributed by atoms with Gasteiger partial charge in [-0.3, -0.25) is 0 Å². The molecule has 0 amide bonds. The molecule has 104 valence electrons. The third-order valence-corrected chi connectivity index (χ3v) is 3.93. The molecule has 3 rings (SSSR count). The van der Waals surface area contributed by atoms with Crippen molar-refractivity contribution < 1.29 is 13.9 Å². The summed E-state index contributed by atoms with van der Waals surface area (Å²) >= 11 is 0. The fraction of sp³-hybridized carbons (Fsp3) is 0.250. The van der Waals surface area contributed by atoms with Crippen LogP contribution in [-0.2, 0) is 12.0 Å². The predicted octanol–water partition coefficient (Wildman–Crippen LogP) is 2.80. The van der Waals surface area contributed by atoms with E-state index < -0.39 is 17.2 Å². The van der Waals surface area contributed by atoms with Crippen LogP contribution in [0.2, 0.25) is 0 Å². The first-order valence-corrected chi connectivity index (χ1v) is 6.51. The van der Waals surface area contributed by atoms with Crippen molar-refractivity contribution >= 4 is 0 Å². The maximum absolute atomic E-state index is 13.8. The topological polar surface area (TPSA) is 46.2 Å². The Hall–Kier alpha value is -1.78. The number of fused-ring (bicyclic) bond motifs is 1. The monoisotopic (exact) mass is 275 g/mol. The van der Waals surface area contributed by atoms with E-state index in [1.807, 2.05) is 18.2 Å². The average molecular weight is 275 g/mol. The van der Waals surface area contributed by atoms with Crippen LogP contribution in [0.25, 0.3) is 0 Å². The molecule has 0 aromatic heterocycles. The summed E-state index contributed by atoms with van der Waals surface area (Å²) in [4.78, 5) is 0. The number of rotatable bonds is 2. The highest BCUT2D eigenvalue weighted by Gasteiger charge is 2.41. The van der Waals surface area contributed by atoms with Gasteiger partial charge in [0.1, 0.15) is 0 Å². The maximum atomic E-state index is 13.8. The summed E-state index contributed by atoms with van der Waals surface area (Å²) in [5.74, 6) is -1.81. The molecule has 0 heterocycles. The predicted molar refractivity (Wildman–Crippen MR) is 71.9 cm³/mol. The molecular formula is C16H15F2NO. The molecule has 20 heavy (non-hydrogen) atoms. The molecule has 0 fully saturated rings. The largest absolute Gasteiger partial charge is 0.385 e. The van der Waals surface area contributed by atoms with Gasteiger partial charge in [-0.25, -0.2) is 8.78 Å². The van der Waals surface area contributed by atoms with E-state index in [0.29, 0.717) is 12.0 Å². The van der Waals surface area contributed by atoms with E-state index in [4.69, 9.17) is 5.73 Å². The average Bonchev–Trinajstić information content (AvgIpc) is 2.68. The van der Waals surface area contributed by atoms with E-state index in [9.17, 15) is 13.9 Å². The van der Waals surface area contributed by atoms with Crippen molar-refractivity contribution in [3.8, 4) is 0 Å². The second-order valence-electron chi connectivity index (χ2n) is 5.32. The van der Waals surface area contributed by atoms with E-state index in [-0.39, 0.29) is 18.0 Å². The molecule has 3 N–H and O–H groups in total. The fourth-order valence-corrected chi connectivity index (χ4v) is 3.00. The number of halogens is 2. The van der Waals surface area contributed by atoms with Gasteiger partial charge in [0, 0.05) is 12.5 Å². The highest BCUT2D eigenvalue weighted by Crippen LogP contribution is 2.44. The van der Waals surface area contributed by atoms with Crippen LogP contribution in [0.4, 0.5) is 8.78 Å². The first-order chi connectivity index (χ1) is 9.51. The molecule has 0 spiro atoms. The van der Waals surface area contributed by atoms with Crippen molar-refractivity contribution in [3.63, 3.8) is 0 Å². The Labute approximate surface area is 115 Å². The molecular weight excluding hydrogens is 260 g/mol. The van der Waals surface area contributed by atoms with E-state index in [0.717, 1.165) is 11.6 Å². The SMILES string of the molecule is NC1CC(O)(Cc2cccc(F)c2F)c2ccccc21. The lowest BCUT2D eigenvalue weighted by Gasteiger charge is -2.24. The summed E-state index contributed by atoms with van der Waals surface area (Å²) in [5, 5.41) is 10.8. The molecule has 0 saturated heterocycles. The van der Waals surface area contributed by atoms with Gasteiger partial charge in [-0.05, 0) is 29.2 Å². The zero-order valence-corrected chi connectivity index (χ0v) is 10.8. The summed E-state index contributed by atoms with van der Waals surface area (Å²) in [7, 11) is 0. The van der Waals surface area contributed by atoms with Crippen LogP contribution in [0, 0.1) is 11.6 Å². The molecule has 1 aliphatic rings. The van der Waals surface area contributed by atoms with Crippen LogP contribution >= 0.6 is 0 Å². The van der Waals surface area contributed by atoms with Gasteiger partial charge < -0.3 is 10.8 Å². The van der Waals surface area contributed by atoms with E-state index in [2.05, 4.69) is 0 Å². The van der Waals surface area contributed by atoms with Crippen LogP contribution in [0.15, 0.2) is 42.5 Å². The summed E-state index contributed by atoms with van der Waals surface area (Å²) in [6, 6.07) is 11.0. The molecule has 4 heteroatoms. The summed E-state index contributed by atoms with van der Waals surface area (Å²) in [6.07, 6.45) is 0.323. The molecule has 2 atom stereocenters. The Kier molecular flexibility index (Phi) is 3.07. The van der Waals surface area contributed by atoms with Crippen LogP contribution in [0.5, 0.6) is 0 Å². The molecule has 0 bridgehead atoms. The first kappa shape index (κ1) is 13.2. The van der Waals surface area contributed by atoms with E-state index in [1.165, 1.54) is 12.1 Å². The molecule has 2 unspecified atom stereocenters. The van der Waals surface area contributed by atoms with Gasteiger partial charge in [-0.1, -0.05) is 36.4 Å². The molecule has 2 aromatic rings. The minimum Gasteiger partial charge on any atom is -0.385 e. The highest BCUT2D eigenvalue weighted by molar-refractivity contribution is 5.41. The quantitative estimate of drug-likeness (QED) is 0.885. The lowest BCUT2D eigenvalue weighted by molar-refractivity contribution is 0.0332. The second kappa shape index (κ2) is 4.65. The van der Waals surface area contributed by atoms with Gasteiger partial charge in [0.05, 0.1) is 5.60 Å². The third-order valence-electron chi connectivity index (χ3n) is 3.93. The van der Waals surface area contributed by atoms with Crippen LogP contribution in [0.3, 0.4) is 0 Å². The van der Waals surface area contributed by atoms with Crippen LogP contribution < -0.4 is 5.73 Å². The normalized spacial score (nSPS) is 24.7. The minimum atomic E-state index is -1.25. The number of nitrogens with two attached hydrogens (primary N) is 1. The van der Waals surface area contributed by atoms with Gasteiger partial charge in [0.25, 0.3) is 0 Å². The van der Waals surface area contributed by atoms with Crippen LogP contribution in [0.1, 0.15) is 29.2 Å². The zero-order chi connectivity index (χ0) is 14.3. The van der Waals surface area contributed by atoms with Gasteiger partial charge in [-0.2, -0.15) is 0 Å². The third kappa shape index (κ3) is 2.01. The summed E-state index contributed by atoms with van der Waals surface area (Å²) < 4.78 is 27.1. The van der Waals surface area contributed by atoms with Gasteiger partial charge in [0.15, 0.2) is 11.6 Å². The van der Waals surface area contributed by atoms with E-state index >= 15 is 0 Å². The summed E-state index contributed by atoms with van der Waals surface area (Å²) in [5.41, 5.74) is 6.51. The zero-order valence-electron chi connectivity index (χ0n) is 10.8. The van der Waals surface area contributed by atoms with Gasteiger partial charge in [-0.15, -0.1) is 0 Å². The number of benzene rings is 2. The number of hydrogen-bond acceptors (Lipinski definition) is 2. The molecule has 2 aromatic carbocycles. The number of hydrogen-bond donors (Lipinski definition) is 2. The maximum Gasteiger partial charge on any atom is 0.162 e. The van der Waals surface area contributed by atoms with Crippen molar-refractivity contribution in [2.24, 2.45) is 5.73 Å². The number of aliphatic hydroxyl groups is 1. The van der Waals surface area contributed by atoms with Crippen molar-refractivity contribution in [2.75, 3.05) is 0 Å². The molecule has 0 radical (unpaired) electrons. The smallest absolute Gasteiger partial charge is 0.162 e. The molecule has 2 nitrogen and oxygen atoms in total. The lowest BCUT2D eigenvalue weighted by atomic mass is 9.88. The first-order valence-electron chi connectivity index (χ1n) is 6.51. The van der Waals surface area contributed by atoms with Crippen molar-refractivity contribution in [1.29, 1.82) is 0 Å². The van der Waals surface area contributed by atoms with Crippen molar-refractivity contribution in [3.05, 3.63) is 70.8 Å². The Morgan fingerprint density at radius 3 is 2.70 bits per heavy atom. The molecule has 0 saturated carbocycles. The highest BCUT2D eigenvalue weighted by atomic mass is 19.2. The Morgan fingerprint density at radius 2 is 1.90 bits per heavy atom. The standard InChI is InChI=1S/C16H15F2NO/c17-13-7-3-4-10(15(13)18)8-16(20)9-14(19)11-5-1-2-6-12(11)16/h1-7,14,20H,8-9,19H2. The Balaban J connectivity index is 2.01. The Bertz CT molecular complexity index is 659. The minimum absolute atomic E-state index is 0.0152. The van der Waals surface area contributed by atoms with Crippen LogP contribution in [-0.4, -0.2) is 5.11 Å². The van der Waals surface area contributed by atoms with Crippen molar-refractivity contribution in [2.45, 2.75) is 24.5 Å². The van der Waals surface area contributed by atoms with Crippen molar-refractivity contribution in [1.82, 2.24) is 0 Å². The van der Waals surface area contributed by atoms with E-state index in [1.54, 1.807) is 6.07 Å².